The molecule has 15 heavy (non-hydrogen) atoms. The second-order valence-electron chi connectivity index (χ2n) is 2.98. The van der Waals surface area contributed by atoms with Crippen LogP contribution in [0.3, 0.4) is 0 Å². The van der Waals surface area contributed by atoms with E-state index in [4.69, 9.17) is 31.8 Å². The second-order valence-corrected chi connectivity index (χ2v) is 5.89. The average molecular weight is 269 g/mol. The van der Waals surface area contributed by atoms with E-state index in [1.54, 1.807) is 6.92 Å². The monoisotopic (exact) mass is 268 g/mol. The molecule has 0 saturated carbocycles. The van der Waals surface area contributed by atoms with Crippen molar-refractivity contribution in [3.05, 3.63) is 16.7 Å². The summed E-state index contributed by atoms with van der Waals surface area (Å²) in [5, 5.41) is 0.0340. The van der Waals surface area contributed by atoms with Gasteiger partial charge in [-0.2, -0.15) is 0 Å². The molecule has 1 heterocycles. The third kappa shape index (κ3) is 1.75. The predicted octanol–water partition coefficient (Wildman–Crippen LogP) is 2.30. The zero-order valence-electron chi connectivity index (χ0n) is 7.58. The molecule has 0 aromatic heterocycles. The van der Waals surface area contributed by atoms with E-state index in [0.29, 0.717) is 17.1 Å². The minimum Gasteiger partial charge on any atom is -0.454 e. The van der Waals surface area contributed by atoms with Gasteiger partial charge in [0.1, 0.15) is 4.90 Å². The maximum atomic E-state index is 11.3. The van der Waals surface area contributed by atoms with Gasteiger partial charge in [-0.3, -0.25) is 0 Å². The Morgan fingerprint density at radius 1 is 1.40 bits per heavy atom. The highest BCUT2D eigenvalue weighted by atomic mass is 35.7. The Morgan fingerprint density at radius 2 is 2.07 bits per heavy atom. The zero-order valence-corrected chi connectivity index (χ0v) is 9.91. The summed E-state index contributed by atoms with van der Waals surface area (Å²) in [6, 6.07) is 1.38. The van der Waals surface area contributed by atoms with E-state index in [2.05, 4.69) is 0 Å². The first-order valence-electron chi connectivity index (χ1n) is 3.94. The summed E-state index contributed by atoms with van der Waals surface area (Å²) in [4.78, 5) is -0.130. The molecule has 0 unspecified atom stereocenters. The summed E-state index contributed by atoms with van der Waals surface area (Å²) in [7, 11) is 1.38. The van der Waals surface area contributed by atoms with E-state index in [1.807, 2.05) is 0 Å². The number of ether oxygens (including phenoxy) is 2. The molecule has 1 aromatic carbocycles. The molecule has 82 valence electrons. The highest BCUT2D eigenvalue weighted by Gasteiger charge is 2.27. The van der Waals surface area contributed by atoms with Gasteiger partial charge in [0, 0.05) is 22.3 Å². The SMILES string of the molecule is Cc1c2c(cc(Cl)c1S(=O)(=O)Cl)OCO2. The maximum absolute atomic E-state index is 11.3. The van der Waals surface area contributed by atoms with Crippen molar-refractivity contribution >= 4 is 31.3 Å². The molecule has 1 aliphatic rings. The van der Waals surface area contributed by atoms with E-state index in [9.17, 15) is 8.42 Å². The summed E-state index contributed by atoms with van der Waals surface area (Å²) in [5.41, 5.74) is 0.366. The van der Waals surface area contributed by atoms with Crippen molar-refractivity contribution in [2.75, 3.05) is 6.79 Å². The Hall–Kier alpha value is -0.650. The molecular formula is C8H6Cl2O4S. The van der Waals surface area contributed by atoms with Crippen molar-refractivity contribution < 1.29 is 17.9 Å². The lowest BCUT2D eigenvalue weighted by Crippen LogP contribution is -1.97. The summed E-state index contributed by atoms with van der Waals surface area (Å²) >= 11 is 5.80. The van der Waals surface area contributed by atoms with Gasteiger partial charge in [-0.25, -0.2) is 8.42 Å². The predicted molar refractivity (Wildman–Crippen MR) is 55.4 cm³/mol. The molecule has 0 aliphatic carbocycles. The summed E-state index contributed by atoms with van der Waals surface area (Å²) in [6.07, 6.45) is 0. The number of halogens is 2. The molecule has 4 nitrogen and oxygen atoms in total. The van der Waals surface area contributed by atoms with Gasteiger partial charge in [0.2, 0.25) is 6.79 Å². The van der Waals surface area contributed by atoms with E-state index >= 15 is 0 Å². The van der Waals surface area contributed by atoms with Gasteiger partial charge in [0.05, 0.1) is 5.02 Å². The Balaban J connectivity index is 2.78. The smallest absolute Gasteiger partial charge is 0.263 e. The standard InChI is InChI=1S/C8H6Cl2O4S/c1-4-7-6(13-3-14-7)2-5(9)8(4)15(10,11)12/h2H,3H2,1H3. The fourth-order valence-corrected chi connectivity index (χ4v) is 3.46. The molecule has 0 amide bonds. The zero-order chi connectivity index (χ0) is 11.2. The molecular weight excluding hydrogens is 263 g/mol. The molecule has 0 N–H and O–H groups in total. The van der Waals surface area contributed by atoms with E-state index in [-0.39, 0.29) is 16.7 Å². The van der Waals surface area contributed by atoms with Crippen LogP contribution in [0.4, 0.5) is 0 Å². The first-order valence-corrected chi connectivity index (χ1v) is 6.63. The van der Waals surface area contributed by atoms with Gasteiger partial charge in [0.15, 0.2) is 11.5 Å². The minimum atomic E-state index is -3.88. The Bertz CT molecular complexity index is 524. The normalized spacial score (nSPS) is 14.3. The van der Waals surface area contributed by atoms with Gasteiger partial charge in [0.25, 0.3) is 9.05 Å². The topological polar surface area (TPSA) is 52.6 Å². The van der Waals surface area contributed by atoms with Crippen LogP contribution in [0.15, 0.2) is 11.0 Å². The summed E-state index contributed by atoms with van der Waals surface area (Å²) in [6.45, 7) is 1.62. The fourth-order valence-electron chi connectivity index (χ4n) is 1.45. The van der Waals surface area contributed by atoms with Crippen molar-refractivity contribution in [2.24, 2.45) is 0 Å². The molecule has 1 aliphatic heterocycles. The van der Waals surface area contributed by atoms with Crippen LogP contribution in [0.2, 0.25) is 5.02 Å². The molecule has 0 atom stereocenters. The third-order valence-corrected chi connectivity index (χ3v) is 3.93. The fraction of sp³-hybridized carbons (Fsp3) is 0.250. The second kappa shape index (κ2) is 3.43. The van der Waals surface area contributed by atoms with Gasteiger partial charge in [-0.1, -0.05) is 11.6 Å². The highest BCUT2D eigenvalue weighted by Crippen LogP contribution is 2.43. The number of hydrogen-bond donors (Lipinski definition) is 0. The van der Waals surface area contributed by atoms with Gasteiger partial charge >= 0.3 is 0 Å². The molecule has 1 aromatic rings. The van der Waals surface area contributed by atoms with E-state index in [1.165, 1.54) is 6.07 Å². The first kappa shape index (κ1) is 10.9. The number of hydrogen-bond acceptors (Lipinski definition) is 4. The Morgan fingerprint density at radius 3 is 2.67 bits per heavy atom. The lowest BCUT2D eigenvalue weighted by Gasteiger charge is -2.07. The van der Waals surface area contributed by atoms with E-state index in [0.717, 1.165) is 0 Å². The highest BCUT2D eigenvalue weighted by molar-refractivity contribution is 8.13. The number of benzene rings is 1. The summed E-state index contributed by atoms with van der Waals surface area (Å²) in [5.74, 6) is 0.806. The van der Waals surface area contributed by atoms with Gasteiger partial charge in [-0.05, 0) is 6.92 Å². The van der Waals surface area contributed by atoms with Gasteiger partial charge < -0.3 is 9.47 Å². The summed E-state index contributed by atoms with van der Waals surface area (Å²) < 4.78 is 32.7. The van der Waals surface area contributed by atoms with Crippen LogP contribution in [0, 0.1) is 6.92 Å². The van der Waals surface area contributed by atoms with Crippen molar-refractivity contribution in [3.63, 3.8) is 0 Å². The van der Waals surface area contributed by atoms with Crippen LogP contribution in [0.25, 0.3) is 0 Å². The van der Waals surface area contributed by atoms with Crippen LogP contribution in [0.5, 0.6) is 11.5 Å². The third-order valence-electron chi connectivity index (χ3n) is 2.04. The molecule has 0 bridgehead atoms. The molecule has 2 rings (SSSR count). The first-order chi connectivity index (χ1) is 6.91. The van der Waals surface area contributed by atoms with Gasteiger partial charge in [-0.15, -0.1) is 0 Å². The van der Waals surface area contributed by atoms with Crippen molar-refractivity contribution in [1.82, 2.24) is 0 Å². The molecule has 0 fully saturated rings. The molecule has 7 heteroatoms. The van der Waals surface area contributed by atoms with Crippen molar-refractivity contribution in [2.45, 2.75) is 11.8 Å². The van der Waals surface area contributed by atoms with Crippen LogP contribution in [-0.2, 0) is 9.05 Å². The van der Waals surface area contributed by atoms with Crippen molar-refractivity contribution in [1.29, 1.82) is 0 Å². The minimum absolute atomic E-state index is 0.0340. The quantitative estimate of drug-likeness (QED) is 0.734. The Labute approximate surface area is 96.1 Å². The van der Waals surface area contributed by atoms with Crippen LogP contribution >= 0.6 is 22.3 Å². The number of fused-ring (bicyclic) bond motifs is 1. The molecule has 0 saturated heterocycles. The maximum Gasteiger partial charge on any atom is 0.263 e. The lowest BCUT2D eigenvalue weighted by atomic mass is 10.2. The van der Waals surface area contributed by atoms with E-state index < -0.39 is 9.05 Å². The Kier molecular flexibility index (Phi) is 2.48. The van der Waals surface area contributed by atoms with Crippen LogP contribution < -0.4 is 9.47 Å². The molecule has 0 spiro atoms. The largest absolute Gasteiger partial charge is 0.454 e. The van der Waals surface area contributed by atoms with Crippen LogP contribution in [0.1, 0.15) is 5.56 Å². The van der Waals surface area contributed by atoms with Crippen molar-refractivity contribution in [3.8, 4) is 11.5 Å². The average Bonchev–Trinajstić information content (AvgIpc) is 2.48. The lowest BCUT2D eigenvalue weighted by molar-refractivity contribution is 0.173. The molecule has 0 radical (unpaired) electrons. The van der Waals surface area contributed by atoms with Crippen LogP contribution in [-0.4, -0.2) is 15.2 Å². The number of rotatable bonds is 1.